The minimum atomic E-state index is -3.49. The van der Waals surface area contributed by atoms with Crippen molar-refractivity contribution >= 4 is 33.2 Å². The second-order valence-electron chi connectivity index (χ2n) is 7.60. The molecule has 0 aromatic heterocycles. The molecule has 30 heavy (non-hydrogen) atoms. The third-order valence-electron chi connectivity index (χ3n) is 5.19. The van der Waals surface area contributed by atoms with Gasteiger partial charge in [0, 0.05) is 17.1 Å². The SMILES string of the molecule is CS(=O)(=O)N(Cc1ccc(Cl)cc1)c1ccc(C(=O)NCCCN2CCCC2)cc1. The van der Waals surface area contributed by atoms with Crippen LogP contribution in [-0.4, -0.2) is 51.7 Å². The van der Waals surface area contributed by atoms with Crippen molar-refractivity contribution in [2.24, 2.45) is 0 Å². The second kappa shape index (κ2) is 10.3. The van der Waals surface area contributed by atoms with Crippen LogP contribution in [0, 0.1) is 0 Å². The van der Waals surface area contributed by atoms with E-state index < -0.39 is 10.0 Å². The van der Waals surface area contributed by atoms with E-state index in [0.717, 1.165) is 31.6 Å². The maximum Gasteiger partial charge on any atom is 0.251 e. The molecule has 0 radical (unpaired) electrons. The summed E-state index contributed by atoms with van der Waals surface area (Å²) in [6.45, 7) is 4.14. The molecule has 3 rings (SSSR count). The van der Waals surface area contributed by atoms with Crippen LogP contribution in [0.1, 0.15) is 35.2 Å². The lowest BCUT2D eigenvalue weighted by Crippen LogP contribution is -2.30. The van der Waals surface area contributed by atoms with Gasteiger partial charge in [-0.1, -0.05) is 23.7 Å². The van der Waals surface area contributed by atoms with Crippen LogP contribution in [0.3, 0.4) is 0 Å². The zero-order valence-electron chi connectivity index (χ0n) is 17.2. The van der Waals surface area contributed by atoms with E-state index in [-0.39, 0.29) is 12.5 Å². The lowest BCUT2D eigenvalue weighted by Gasteiger charge is -2.23. The molecule has 0 aliphatic carbocycles. The first-order valence-electron chi connectivity index (χ1n) is 10.2. The number of amides is 1. The number of nitrogens with one attached hydrogen (secondary N) is 1. The summed E-state index contributed by atoms with van der Waals surface area (Å²) in [7, 11) is -3.49. The van der Waals surface area contributed by atoms with E-state index in [1.807, 2.05) is 0 Å². The van der Waals surface area contributed by atoms with Gasteiger partial charge in [-0.05, 0) is 80.9 Å². The molecular formula is C22H28ClN3O3S. The van der Waals surface area contributed by atoms with Crippen molar-refractivity contribution in [2.75, 3.05) is 36.7 Å². The van der Waals surface area contributed by atoms with E-state index in [0.29, 0.717) is 22.8 Å². The van der Waals surface area contributed by atoms with E-state index >= 15 is 0 Å². The summed E-state index contributed by atoms with van der Waals surface area (Å²) in [6, 6.07) is 13.7. The van der Waals surface area contributed by atoms with E-state index in [9.17, 15) is 13.2 Å². The molecule has 0 bridgehead atoms. The highest BCUT2D eigenvalue weighted by Crippen LogP contribution is 2.22. The van der Waals surface area contributed by atoms with Gasteiger partial charge in [0.05, 0.1) is 18.5 Å². The average Bonchev–Trinajstić information content (AvgIpc) is 3.23. The molecule has 0 unspecified atom stereocenters. The highest BCUT2D eigenvalue weighted by atomic mass is 35.5. The van der Waals surface area contributed by atoms with Crippen LogP contribution in [0.4, 0.5) is 5.69 Å². The zero-order chi connectivity index (χ0) is 21.6. The van der Waals surface area contributed by atoms with Crippen LogP contribution in [0.2, 0.25) is 5.02 Å². The quantitative estimate of drug-likeness (QED) is 0.594. The van der Waals surface area contributed by atoms with Crippen molar-refractivity contribution in [2.45, 2.75) is 25.8 Å². The highest BCUT2D eigenvalue weighted by Gasteiger charge is 2.18. The number of rotatable bonds is 9. The average molecular weight is 450 g/mol. The fourth-order valence-corrected chi connectivity index (χ4v) is 4.56. The molecule has 2 aromatic carbocycles. The van der Waals surface area contributed by atoms with Gasteiger partial charge in [0.1, 0.15) is 0 Å². The van der Waals surface area contributed by atoms with Crippen molar-refractivity contribution in [3.63, 3.8) is 0 Å². The topological polar surface area (TPSA) is 69.7 Å². The van der Waals surface area contributed by atoms with Crippen molar-refractivity contribution in [3.05, 3.63) is 64.7 Å². The first-order valence-corrected chi connectivity index (χ1v) is 12.4. The van der Waals surface area contributed by atoms with Crippen LogP contribution >= 0.6 is 11.6 Å². The highest BCUT2D eigenvalue weighted by molar-refractivity contribution is 7.92. The van der Waals surface area contributed by atoms with E-state index in [2.05, 4.69) is 10.2 Å². The fraction of sp³-hybridized carbons (Fsp3) is 0.409. The van der Waals surface area contributed by atoms with E-state index in [4.69, 9.17) is 11.6 Å². The van der Waals surface area contributed by atoms with Crippen LogP contribution in [0.25, 0.3) is 0 Å². The minimum absolute atomic E-state index is 0.147. The maximum absolute atomic E-state index is 12.4. The third-order valence-corrected chi connectivity index (χ3v) is 6.59. The third kappa shape index (κ3) is 6.45. The number of halogens is 1. The molecule has 1 fully saturated rings. The molecule has 1 aliphatic heterocycles. The molecule has 0 spiro atoms. The van der Waals surface area contributed by atoms with Crippen LogP contribution < -0.4 is 9.62 Å². The molecule has 1 N–H and O–H groups in total. The monoisotopic (exact) mass is 449 g/mol. The summed E-state index contributed by atoms with van der Waals surface area (Å²) in [4.78, 5) is 14.8. The van der Waals surface area contributed by atoms with Crippen molar-refractivity contribution in [1.29, 1.82) is 0 Å². The molecule has 1 amide bonds. The fourth-order valence-electron chi connectivity index (χ4n) is 3.55. The molecule has 0 atom stereocenters. The Morgan fingerprint density at radius 3 is 2.30 bits per heavy atom. The molecule has 0 saturated carbocycles. The Bertz CT molecular complexity index is 941. The summed E-state index contributed by atoms with van der Waals surface area (Å²) >= 11 is 5.91. The molecule has 8 heteroatoms. The summed E-state index contributed by atoms with van der Waals surface area (Å²) in [6.07, 6.45) is 4.62. The lowest BCUT2D eigenvalue weighted by atomic mass is 10.1. The first kappa shape index (κ1) is 22.6. The van der Waals surface area contributed by atoms with Crippen molar-refractivity contribution < 1.29 is 13.2 Å². The van der Waals surface area contributed by atoms with Crippen molar-refractivity contribution in [1.82, 2.24) is 10.2 Å². The Labute approximate surface area is 183 Å². The maximum atomic E-state index is 12.4. The molecule has 162 valence electrons. The van der Waals surface area contributed by atoms with Crippen LogP contribution in [-0.2, 0) is 16.6 Å². The molecular weight excluding hydrogens is 422 g/mol. The first-order chi connectivity index (χ1) is 14.3. The number of carbonyl (C=O) groups excluding carboxylic acids is 1. The Morgan fingerprint density at radius 1 is 1.07 bits per heavy atom. The number of carbonyl (C=O) groups is 1. The Balaban J connectivity index is 1.59. The van der Waals surface area contributed by atoms with Gasteiger partial charge in [-0.3, -0.25) is 9.10 Å². The van der Waals surface area contributed by atoms with Crippen LogP contribution in [0.5, 0.6) is 0 Å². The summed E-state index contributed by atoms with van der Waals surface area (Å²) in [5, 5.41) is 3.53. The standard InChI is InChI=1S/C22H28ClN3O3S/c1-30(28,29)26(17-18-5-9-20(23)10-6-18)21-11-7-19(8-12-21)22(27)24-13-4-16-25-14-2-3-15-25/h5-12H,2-4,13-17H2,1H3,(H,24,27). The Morgan fingerprint density at radius 2 is 1.70 bits per heavy atom. The summed E-state index contributed by atoms with van der Waals surface area (Å²) in [5.74, 6) is -0.147. The second-order valence-corrected chi connectivity index (χ2v) is 9.94. The predicted octanol–water partition coefficient (Wildman–Crippen LogP) is 3.52. The normalized spacial score (nSPS) is 14.6. The number of likely N-dealkylation sites (tertiary alicyclic amines) is 1. The predicted molar refractivity (Wildman–Crippen MR) is 122 cm³/mol. The number of sulfonamides is 1. The van der Waals surface area contributed by atoms with Gasteiger partial charge in [0.15, 0.2) is 0 Å². The lowest BCUT2D eigenvalue weighted by molar-refractivity contribution is 0.0952. The molecule has 1 aliphatic rings. The number of nitrogens with zero attached hydrogens (tertiary/aromatic N) is 2. The van der Waals surface area contributed by atoms with Gasteiger partial charge < -0.3 is 10.2 Å². The van der Waals surface area contributed by atoms with E-state index in [1.54, 1.807) is 48.5 Å². The number of benzene rings is 2. The molecule has 1 saturated heterocycles. The van der Waals surface area contributed by atoms with Gasteiger partial charge in [0.25, 0.3) is 5.91 Å². The minimum Gasteiger partial charge on any atom is -0.352 e. The number of hydrogen-bond donors (Lipinski definition) is 1. The Hall–Kier alpha value is -2.09. The Kier molecular flexibility index (Phi) is 7.75. The van der Waals surface area contributed by atoms with Gasteiger partial charge in [-0.2, -0.15) is 0 Å². The van der Waals surface area contributed by atoms with Crippen molar-refractivity contribution in [3.8, 4) is 0 Å². The number of anilines is 1. The van der Waals surface area contributed by atoms with E-state index in [1.165, 1.54) is 23.4 Å². The zero-order valence-corrected chi connectivity index (χ0v) is 18.8. The molecule has 1 heterocycles. The smallest absolute Gasteiger partial charge is 0.251 e. The summed E-state index contributed by atoms with van der Waals surface area (Å²) in [5.41, 5.74) is 1.85. The van der Waals surface area contributed by atoms with Crippen LogP contribution in [0.15, 0.2) is 48.5 Å². The van der Waals surface area contributed by atoms with Gasteiger partial charge in [-0.15, -0.1) is 0 Å². The molecule has 6 nitrogen and oxygen atoms in total. The van der Waals surface area contributed by atoms with Gasteiger partial charge in [0.2, 0.25) is 10.0 Å². The van der Waals surface area contributed by atoms with Gasteiger partial charge >= 0.3 is 0 Å². The number of hydrogen-bond acceptors (Lipinski definition) is 4. The largest absolute Gasteiger partial charge is 0.352 e. The molecule has 2 aromatic rings. The summed E-state index contributed by atoms with van der Waals surface area (Å²) < 4.78 is 26.0. The van der Waals surface area contributed by atoms with Gasteiger partial charge in [-0.25, -0.2) is 8.42 Å².